The number of alkyl halides is 3. The summed E-state index contributed by atoms with van der Waals surface area (Å²) in [5, 5.41) is 3.66. The Hall–Kier alpha value is -1.84. The van der Waals surface area contributed by atoms with Crippen LogP contribution in [0.25, 0.3) is 0 Å². The van der Waals surface area contributed by atoms with E-state index in [-0.39, 0.29) is 18.1 Å². The summed E-state index contributed by atoms with van der Waals surface area (Å²) in [5.74, 6) is 0.113. The summed E-state index contributed by atoms with van der Waals surface area (Å²) in [5.41, 5.74) is -0.287. The van der Waals surface area contributed by atoms with Gasteiger partial charge in [0.25, 0.3) is 0 Å². The number of carbonyl (C=O) groups is 1. The van der Waals surface area contributed by atoms with Crippen molar-refractivity contribution in [1.82, 2.24) is 14.7 Å². The number of anilines is 1. The van der Waals surface area contributed by atoms with Crippen molar-refractivity contribution >= 4 is 46.4 Å². The molecule has 0 atom stereocenters. The van der Waals surface area contributed by atoms with Crippen LogP contribution in [-0.2, 0) is 17.5 Å². The minimum atomic E-state index is -4.68. The zero-order valence-electron chi connectivity index (χ0n) is 16.1. The fourth-order valence-electron chi connectivity index (χ4n) is 3.18. The molecule has 1 aliphatic rings. The molecule has 0 bridgehead atoms. The lowest BCUT2D eigenvalue weighted by Crippen LogP contribution is -2.49. The molecule has 0 spiro atoms. The molecule has 1 aromatic carbocycles. The number of hydrogen-bond acceptors (Lipinski definition) is 4. The highest BCUT2D eigenvalue weighted by Gasteiger charge is 2.38. The highest BCUT2D eigenvalue weighted by atomic mass is 35.5. The van der Waals surface area contributed by atoms with E-state index in [1.807, 2.05) is 4.90 Å². The first-order valence-corrected chi connectivity index (χ1v) is 10.0. The molecular formula is C18H18Cl3F3N4O2. The number of methoxy groups -OCH3 is 1. The molecule has 164 valence electrons. The van der Waals surface area contributed by atoms with E-state index in [1.54, 1.807) is 17.0 Å². The fourth-order valence-corrected chi connectivity index (χ4v) is 3.82. The summed E-state index contributed by atoms with van der Waals surface area (Å²) in [6.07, 6.45) is -4.68. The van der Waals surface area contributed by atoms with Crippen molar-refractivity contribution in [3.63, 3.8) is 0 Å². The average molecular weight is 486 g/mol. The zero-order chi connectivity index (χ0) is 22.2. The number of amides is 1. The van der Waals surface area contributed by atoms with Crippen LogP contribution in [0.2, 0.25) is 15.1 Å². The molecule has 0 unspecified atom stereocenters. The van der Waals surface area contributed by atoms with Gasteiger partial charge in [0, 0.05) is 37.9 Å². The second kappa shape index (κ2) is 8.72. The Bertz CT molecular complexity index is 957. The van der Waals surface area contributed by atoms with Crippen molar-refractivity contribution in [2.75, 3.05) is 38.2 Å². The maximum Gasteiger partial charge on any atom is 0.436 e. The number of benzene rings is 1. The van der Waals surface area contributed by atoms with Crippen molar-refractivity contribution in [3.05, 3.63) is 38.6 Å². The molecule has 0 aliphatic carbocycles. The molecule has 0 radical (unpaired) electrons. The van der Waals surface area contributed by atoms with Gasteiger partial charge in [-0.15, -0.1) is 0 Å². The highest BCUT2D eigenvalue weighted by Crippen LogP contribution is 2.37. The monoisotopic (exact) mass is 484 g/mol. The minimum absolute atomic E-state index is 0.0962. The lowest BCUT2D eigenvalue weighted by atomic mass is 10.2. The van der Waals surface area contributed by atoms with Crippen LogP contribution in [0.15, 0.2) is 12.1 Å². The lowest BCUT2D eigenvalue weighted by Gasteiger charge is -2.36. The van der Waals surface area contributed by atoms with E-state index in [2.05, 4.69) is 5.10 Å². The number of nitrogens with zero attached hydrogens (tertiary/aromatic N) is 4. The summed E-state index contributed by atoms with van der Waals surface area (Å²) in [4.78, 5) is 16.2. The Kier molecular flexibility index (Phi) is 6.64. The summed E-state index contributed by atoms with van der Waals surface area (Å²) in [7, 11) is 1.49. The molecule has 3 rings (SSSR count). The second-order valence-electron chi connectivity index (χ2n) is 6.72. The topological polar surface area (TPSA) is 50.6 Å². The van der Waals surface area contributed by atoms with Crippen molar-refractivity contribution in [1.29, 1.82) is 0 Å². The third-order valence-electron chi connectivity index (χ3n) is 4.88. The maximum atomic E-state index is 13.0. The van der Waals surface area contributed by atoms with Crippen LogP contribution in [0.3, 0.4) is 0 Å². The molecule has 1 saturated heterocycles. The Morgan fingerprint density at radius 2 is 1.77 bits per heavy atom. The van der Waals surface area contributed by atoms with Crippen LogP contribution in [0.1, 0.15) is 11.4 Å². The van der Waals surface area contributed by atoms with Gasteiger partial charge >= 0.3 is 6.18 Å². The second-order valence-corrected chi connectivity index (χ2v) is 7.88. The summed E-state index contributed by atoms with van der Waals surface area (Å²) in [6.45, 7) is 2.89. The minimum Gasteiger partial charge on any atom is -0.495 e. The van der Waals surface area contributed by atoms with Crippen LogP contribution < -0.4 is 9.64 Å². The molecule has 1 fully saturated rings. The molecule has 2 aromatic rings. The third kappa shape index (κ3) is 4.58. The summed E-state index contributed by atoms with van der Waals surface area (Å²) >= 11 is 18.0. The van der Waals surface area contributed by atoms with E-state index < -0.39 is 16.9 Å². The Morgan fingerprint density at radius 3 is 2.30 bits per heavy atom. The van der Waals surface area contributed by atoms with E-state index in [0.717, 1.165) is 10.4 Å². The number of carbonyl (C=O) groups excluding carboxylic acids is 1. The molecule has 1 aromatic heterocycles. The molecule has 2 heterocycles. The van der Waals surface area contributed by atoms with Gasteiger partial charge in [0.05, 0.1) is 22.8 Å². The Balaban J connectivity index is 1.66. The fraction of sp³-hybridized carbons (Fsp3) is 0.444. The Morgan fingerprint density at radius 1 is 1.13 bits per heavy atom. The lowest BCUT2D eigenvalue weighted by molar-refractivity contribution is -0.142. The van der Waals surface area contributed by atoms with Crippen molar-refractivity contribution in [2.45, 2.75) is 19.6 Å². The van der Waals surface area contributed by atoms with Crippen LogP contribution in [-0.4, -0.2) is 53.9 Å². The van der Waals surface area contributed by atoms with Crippen LogP contribution in [0.4, 0.5) is 18.9 Å². The van der Waals surface area contributed by atoms with Gasteiger partial charge < -0.3 is 14.5 Å². The zero-order valence-corrected chi connectivity index (χ0v) is 18.3. The van der Waals surface area contributed by atoms with Gasteiger partial charge in [0.15, 0.2) is 5.69 Å². The number of piperazine rings is 1. The van der Waals surface area contributed by atoms with Crippen LogP contribution >= 0.6 is 34.8 Å². The summed E-state index contributed by atoms with van der Waals surface area (Å²) in [6, 6.07) is 3.48. The maximum absolute atomic E-state index is 13.0. The summed E-state index contributed by atoms with van der Waals surface area (Å²) < 4.78 is 45.1. The van der Waals surface area contributed by atoms with E-state index in [0.29, 0.717) is 42.0 Å². The van der Waals surface area contributed by atoms with E-state index in [9.17, 15) is 18.0 Å². The van der Waals surface area contributed by atoms with Gasteiger partial charge in [-0.1, -0.05) is 34.8 Å². The van der Waals surface area contributed by atoms with Gasteiger partial charge in [-0.2, -0.15) is 18.3 Å². The number of ether oxygens (including phenoxy) is 1. The number of rotatable bonds is 4. The normalized spacial score (nSPS) is 14.9. The number of hydrogen-bond donors (Lipinski definition) is 0. The molecule has 12 heteroatoms. The molecule has 0 N–H and O–H groups in total. The largest absolute Gasteiger partial charge is 0.495 e. The van der Waals surface area contributed by atoms with E-state index in [4.69, 9.17) is 39.5 Å². The van der Waals surface area contributed by atoms with Crippen molar-refractivity contribution in [2.24, 2.45) is 0 Å². The van der Waals surface area contributed by atoms with Crippen LogP contribution in [0.5, 0.6) is 5.75 Å². The molecule has 0 saturated carbocycles. The number of aromatic nitrogens is 2. The molecule has 30 heavy (non-hydrogen) atoms. The standard InChI is InChI=1S/C18H18Cl3F3N4O2/c1-10-15(20)17(18(22,23)24)25-28(10)9-14(29)27-5-3-26(4-6-27)11-7-12(19)16(21)13(8-11)30-2/h7-8H,3-6,9H2,1-2H3. The molecule has 6 nitrogen and oxygen atoms in total. The van der Waals surface area contributed by atoms with Gasteiger partial charge in [-0.05, 0) is 13.0 Å². The smallest absolute Gasteiger partial charge is 0.436 e. The molecule has 1 amide bonds. The van der Waals surface area contributed by atoms with Gasteiger partial charge in [-0.25, -0.2) is 0 Å². The quantitative estimate of drug-likeness (QED) is 0.639. The SMILES string of the molecule is COc1cc(N2CCN(C(=O)Cn3nc(C(F)(F)F)c(Cl)c3C)CC2)cc(Cl)c1Cl. The average Bonchev–Trinajstić information content (AvgIpc) is 2.98. The van der Waals surface area contributed by atoms with E-state index >= 15 is 0 Å². The Labute approximate surface area is 186 Å². The first-order valence-electron chi connectivity index (χ1n) is 8.88. The first-order chi connectivity index (χ1) is 14.0. The predicted octanol–water partition coefficient (Wildman–Crippen LogP) is 4.53. The predicted molar refractivity (Wildman–Crippen MR) is 109 cm³/mol. The van der Waals surface area contributed by atoms with E-state index in [1.165, 1.54) is 14.0 Å². The first kappa shape index (κ1) is 22.8. The number of halogens is 6. The molecule has 1 aliphatic heterocycles. The highest BCUT2D eigenvalue weighted by molar-refractivity contribution is 6.43. The van der Waals surface area contributed by atoms with Gasteiger partial charge in [0.1, 0.15) is 17.3 Å². The van der Waals surface area contributed by atoms with Crippen molar-refractivity contribution < 1.29 is 22.7 Å². The van der Waals surface area contributed by atoms with Crippen LogP contribution in [0, 0.1) is 6.92 Å². The van der Waals surface area contributed by atoms with Crippen molar-refractivity contribution in [3.8, 4) is 5.75 Å². The van der Waals surface area contributed by atoms with Gasteiger partial charge in [0.2, 0.25) is 5.91 Å². The third-order valence-corrected chi connectivity index (χ3v) is 6.12. The molecular weight excluding hydrogens is 468 g/mol. The van der Waals surface area contributed by atoms with Gasteiger partial charge in [-0.3, -0.25) is 9.48 Å².